The van der Waals surface area contributed by atoms with E-state index < -0.39 is 28.4 Å². The fourth-order valence-corrected chi connectivity index (χ4v) is 3.47. The number of carbonyl (C=O) groups excluding carboxylic acids is 2. The summed E-state index contributed by atoms with van der Waals surface area (Å²) in [4.78, 5) is 38.8. The van der Waals surface area contributed by atoms with E-state index in [1.807, 2.05) is 0 Å². The SMILES string of the molecule is CC(=O)C1=C(O)C(=O)N(CCN2CCOCC2)[C@H]1c1cccc([N+](=O)[O-])c1. The Balaban J connectivity index is 1.91. The number of benzene rings is 1. The number of aliphatic hydroxyl groups excluding tert-OH is 1. The second kappa shape index (κ2) is 7.85. The Morgan fingerprint density at radius 2 is 2.04 bits per heavy atom. The molecule has 27 heavy (non-hydrogen) atoms. The zero-order chi connectivity index (χ0) is 19.6. The normalized spacial score (nSPS) is 21.0. The van der Waals surface area contributed by atoms with Crippen LogP contribution >= 0.6 is 0 Å². The van der Waals surface area contributed by atoms with E-state index in [4.69, 9.17) is 4.74 Å². The van der Waals surface area contributed by atoms with Gasteiger partial charge in [0.05, 0.1) is 29.8 Å². The molecule has 9 nitrogen and oxygen atoms in total. The summed E-state index contributed by atoms with van der Waals surface area (Å²) in [5.74, 6) is -1.66. The Morgan fingerprint density at radius 3 is 2.67 bits per heavy atom. The average molecular weight is 375 g/mol. The van der Waals surface area contributed by atoms with Crippen LogP contribution in [0.5, 0.6) is 0 Å². The maximum atomic E-state index is 12.6. The van der Waals surface area contributed by atoms with Gasteiger partial charge in [-0.3, -0.25) is 24.6 Å². The van der Waals surface area contributed by atoms with Crippen molar-refractivity contribution in [2.24, 2.45) is 0 Å². The minimum absolute atomic E-state index is 0.0255. The van der Waals surface area contributed by atoms with Crippen molar-refractivity contribution in [3.05, 3.63) is 51.3 Å². The van der Waals surface area contributed by atoms with Crippen LogP contribution < -0.4 is 0 Å². The quantitative estimate of drug-likeness (QED) is 0.587. The van der Waals surface area contributed by atoms with Gasteiger partial charge in [-0.25, -0.2) is 0 Å². The Labute approximate surface area is 156 Å². The van der Waals surface area contributed by atoms with Gasteiger partial charge >= 0.3 is 0 Å². The largest absolute Gasteiger partial charge is 0.503 e. The number of nitro benzene ring substituents is 1. The number of morpholine rings is 1. The lowest BCUT2D eigenvalue weighted by Crippen LogP contribution is -2.43. The third-order valence-corrected chi connectivity index (χ3v) is 4.84. The number of nitro groups is 1. The number of carbonyl (C=O) groups is 2. The fraction of sp³-hybridized carbons (Fsp3) is 0.444. The first kappa shape index (κ1) is 19.0. The van der Waals surface area contributed by atoms with Gasteiger partial charge in [0, 0.05) is 38.3 Å². The molecule has 0 aliphatic carbocycles. The lowest BCUT2D eigenvalue weighted by molar-refractivity contribution is -0.384. The van der Waals surface area contributed by atoms with Gasteiger partial charge in [-0.2, -0.15) is 0 Å². The number of ether oxygens (including phenoxy) is 1. The van der Waals surface area contributed by atoms with Crippen molar-refractivity contribution in [1.82, 2.24) is 9.80 Å². The first-order valence-corrected chi connectivity index (χ1v) is 8.69. The molecule has 1 aromatic rings. The second-order valence-corrected chi connectivity index (χ2v) is 6.53. The smallest absolute Gasteiger partial charge is 0.290 e. The number of Topliss-reactive ketones (excluding diaryl/α,β-unsaturated/α-hetero) is 1. The summed E-state index contributed by atoms with van der Waals surface area (Å²) in [6.07, 6.45) is 0. The van der Waals surface area contributed by atoms with E-state index in [1.54, 1.807) is 6.07 Å². The molecule has 1 aromatic carbocycles. The van der Waals surface area contributed by atoms with Crippen molar-refractivity contribution in [2.75, 3.05) is 39.4 Å². The van der Waals surface area contributed by atoms with Gasteiger partial charge in [0.1, 0.15) is 0 Å². The summed E-state index contributed by atoms with van der Waals surface area (Å²) >= 11 is 0. The molecule has 1 amide bonds. The molecular weight excluding hydrogens is 354 g/mol. The Kier molecular flexibility index (Phi) is 5.52. The highest BCUT2D eigenvalue weighted by Crippen LogP contribution is 2.38. The van der Waals surface area contributed by atoms with E-state index >= 15 is 0 Å². The van der Waals surface area contributed by atoms with Crippen LogP contribution in [0.2, 0.25) is 0 Å². The molecule has 1 saturated heterocycles. The van der Waals surface area contributed by atoms with Crippen LogP contribution in [0.25, 0.3) is 0 Å². The molecule has 1 atom stereocenters. The molecule has 2 aliphatic heterocycles. The molecule has 0 spiro atoms. The summed E-state index contributed by atoms with van der Waals surface area (Å²) in [5.41, 5.74) is 0.263. The molecule has 0 aromatic heterocycles. The van der Waals surface area contributed by atoms with E-state index in [2.05, 4.69) is 4.90 Å². The number of amides is 1. The highest BCUT2D eigenvalue weighted by molar-refractivity contribution is 6.08. The van der Waals surface area contributed by atoms with Crippen molar-refractivity contribution in [3.8, 4) is 0 Å². The molecule has 0 unspecified atom stereocenters. The van der Waals surface area contributed by atoms with Gasteiger partial charge in [-0.05, 0) is 12.5 Å². The fourth-order valence-electron chi connectivity index (χ4n) is 3.47. The number of ketones is 1. The van der Waals surface area contributed by atoms with Gasteiger partial charge in [0.2, 0.25) is 0 Å². The molecule has 1 N–H and O–H groups in total. The lowest BCUT2D eigenvalue weighted by Gasteiger charge is -2.31. The van der Waals surface area contributed by atoms with Crippen LogP contribution in [0.15, 0.2) is 35.6 Å². The molecule has 2 heterocycles. The molecule has 3 rings (SSSR count). The van der Waals surface area contributed by atoms with Crippen LogP contribution in [0.4, 0.5) is 5.69 Å². The zero-order valence-corrected chi connectivity index (χ0v) is 15.0. The van der Waals surface area contributed by atoms with Crippen LogP contribution in [-0.2, 0) is 14.3 Å². The van der Waals surface area contributed by atoms with Crippen LogP contribution in [0.1, 0.15) is 18.5 Å². The molecule has 1 fully saturated rings. The van der Waals surface area contributed by atoms with E-state index in [0.717, 1.165) is 13.1 Å². The van der Waals surface area contributed by atoms with Gasteiger partial charge in [0.25, 0.3) is 11.6 Å². The Hall–Kier alpha value is -2.78. The van der Waals surface area contributed by atoms with E-state index in [-0.39, 0.29) is 17.8 Å². The number of nitrogens with zero attached hydrogens (tertiary/aromatic N) is 3. The highest BCUT2D eigenvalue weighted by Gasteiger charge is 2.42. The standard InChI is InChI=1S/C18H21N3O6/c1-12(22)15-16(13-3-2-4-14(11-13)21(25)26)20(18(24)17(15)23)6-5-19-7-9-27-10-8-19/h2-4,11,16,23H,5-10H2,1H3/t16-/m0/s1. The van der Waals surface area contributed by atoms with E-state index in [1.165, 1.54) is 30.0 Å². The summed E-state index contributed by atoms with van der Waals surface area (Å²) in [6, 6.07) is 4.96. The topological polar surface area (TPSA) is 113 Å². The average Bonchev–Trinajstić information content (AvgIpc) is 2.92. The number of hydrogen-bond donors (Lipinski definition) is 1. The van der Waals surface area contributed by atoms with Gasteiger partial charge < -0.3 is 14.7 Å². The molecular formula is C18H21N3O6. The van der Waals surface area contributed by atoms with Gasteiger partial charge in [0.15, 0.2) is 11.5 Å². The first-order valence-electron chi connectivity index (χ1n) is 8.69. The Morgan fingerprint density at radius 1 is 1.33 bits per heavy atom. The second-order valence-electron chi connectivity index (χ2n) is 6.53. The zero-order valence-electron chi connectivity index (χ0n) is 15.0. The highest BCUT2D eigenvalue weighted by atomic mass is 16.6. The third kappa shape index (κ3) is 3.83. The van der Waals surface area contributed by atoms with Crippen LogP contribution in [0.3, 0.4) is 0 Å². The van der Waals surface area contributed by atoms with E-state index in [0.29, 0.717) is 25.3 Å². The van der Waals surface area contributed by atoms with Crippen molar-refractivity contribution >= 4 is 17.4 Å². The molecule has 144 valence electrons. The predicted octanol–water partition coefficient (Wildman–Crippen LogP) is 1.21. The maximum absolute atomic E-state index is 12.6. The number of aliphatic hydroxyl groups is 1. The number of rotatable bonds is 6. The first-order chi connectivity index (χ1) is 12.9. The van der Waals surface area contributed by atoms with Crippen LogP contribution in [0, 0.1) is 10.1 Å². The van der Waals surface area contributed by atoms with E-state index in [9.17, 15) is 24.8 Å². The number of hydrogen-bond acceptors (Lipinski definition) is 7. The van der Waals surface area contributed by atoms with Gasteiger partial charge in [-0.1, -0.05) is 12.1 Å². The number of non-ortho nitro benzene ring substituents is 1. The minimum Gasteiger partial charge on any atom is -0.503 e. The molecule has 9 heteroatoms. The minimum atomic E-state index is -0.837. The summed E-state index contributed by atoms with van der Waals surface area (Å²) < 4.78 is 5.31. The lowest BCUT2D eigenvalue weighted by atomic mass is 9.96. The van der Waals surface area contributed by atoms with Gasteiger partial charge in [-0.15, -0.1) is 0 Å². The molecule has 0 saturated carbocycles. The summed E-state index contributed by atoms with van der Waals surface area (Å²) in [5, 5.41) is 21.3. The molecule has 0 radical (unpaired) electrons. The molecule has 2 aliphatic rings. The summed E-state index contributed by atoms with van der Waals surface area (Å²) in [7, 11) is 0. The molecule has 0 bridgehead atoms. The monoisotopic (exact) mass is 375 g/mol. The van der Waals surface area contributed by atoms with Crippen molar-refractivity contribution in [1.29, 1.82) is 0 Å². The van der Waals surface area contributed by atoms with Crippen molar-refractivity contribution < 1.29 is 24.4 Å². The van der Waals surface area contributed by atoms with Crippen molar-refractivity contribution in [3.63, 3.8) is 0 Å². The Bertz CT molecular complexity index is 800. The maximum Gasteiger partial charge on any atom is 0.290 e. The van der Waals surface area contributed by atoms with Crippen molar-refractivity contribution in [2.45, 2.75) is 13.0 Å². The third-order valence-electron chi connectivity index (χ3n) is 4.84. The van der Waals surface area contributed by atoms with Crippen LogP contribution in [-0.4, -0.2) is 70.9 Å². The summed E-state index contributed by atoms with van der Waals surface area (Å²) in [6.45, 7) is 4.82. The predicted molar refractivity (Wildman–Crippen MR) is 95.1 cm³/mol.